The Labute approximate surface area is 128 Å². The van der Waals surface area contributed by atoms with Gasteiger partial charge in [0.2, 0.25) is 0 Å². The van der Waals surface area contributed by atoms with E-state index in [4.69, 9.17) is 0 Å². The number of carbonyl (C=O) groups excluding carboxylic acids is 1. The Morgan fingerprint density at radius 1 is 1.20 bits per heavy atom. The van der Waals surface area contributed by atoms with E-state index in [1.165, 1.54) is 17.8 Å². The van der Waals surface area contributed by atoms with Crippen LogP contribution >= 0.6 is 27.7 Å². The van der Waals surface area contributed by atoms with Gasteiger partial charge in [-0.05, 0) is 40.4 Å². The van der Waals surface area contributed by atoms with E-state index in [9.17, 15) is 13.6 Å². The van der Waals surface area contributed by atoms with Gasteiger partial charge in [-0.3, -0.25) is 4.79 Å². The summed E-state index contributed by atoms with van der Waals surface area (Å²) >= 11 is 4.43. The second-order valence-corrected chi connectivity index (χ2v) is 5.82. The molecule has 2 aromatic carbocycles. The quantitative estimate of drug-likeness (QED) is 0.441. The first kappa shape index (κ1) is 15.2. The largest absolute Gasteiger partial charge is 0.294 e. The van der Waals surface area contributed by atoms with Crippen molar-refractivity contribution < 1.29 is 13.6 Å². The van der Waals surface area contributed by atoms with E-state index in [1.54, 1.807) is 12.1 Å². The standard InChI is InChI=1S/C15H11BrF2OS/c1-20-14-5-3-2-4-9(14)13(19)8-10-12(17)7-6-11(16)15(10)18/h2-7H,8H2,1H3. The lowest BCUT2D eigenvalue weighted by Crippen LogP contribution is -2.08. The van der Waals surface area contributed by atoms with Gasteiger partial charge in [0.05, 0.1) is 4.47 Å². The van der Waals surface area contributed by atoms with Crippen LogP contribution in [-0.2, 0) is 6.42 Å². The SMILES string of the molecule is CSc1ccccc1C(=O)Cc1c(F)ccc(Br)c1F. The molecule has 0 heterocycles. The van der Waals surface area contributed by atoms with Crippen molar-refractivity contribution in [1.29, 1.82) is 0 Å². The lowest BCUT2D eigenvalue weighted by atomic mass is 10.0. The third kappa shape index (κ3) is 3.10. The third-order valence-corrected chi connectivity index (χ3v) is 4.29. The second kappa shape index (κ2) is 6.50. The summed E-state index contributed by atoms with van der Waals surface area (Å²) in [5, 5.41) is 0. The van der Waals surface area contributed by atoms with Crippen LogP contribution in [0.15, 0.2) is 45.8 Å². The molecule has 1 nitrogen and oxygen atoms in total. The van der Waals surface area contributed by atoms with E-state index in [-0.39, 0.29) is 22.2 Å². The maximum absolute atomic E-state index is 13.9. The molecule has 20 heavy (non-hydrogen) atoms. The molecular weight excluding hydrogens is 346 g/mol. The highest BCUT2D eigenvalue weighted by Gasteiger charge is 2.18. The zero-order chi connectivity index (χ0) is 14.7. The van der Waals surface area contributed by atoms with Crippen molar-refractivity contribution in [1.82, 2.24) is 0 Å². The van der Waals surface area contributed by atoms with Gasteiger partial charge in [0.1, 0.15) is 11.6 Å². The summed E-state index contributed by atoms with van der Waals surface area (Å²) in [5.41, 5.74) is 0.277. The zero-order valence-electron chi connectivity index (χ0n) is 10.6. The molecule has 0 unspecified atom stereocenters. The molecule has 0 aliphatic heterocycles. The third-order valence-electron chi connectivity index (χ3n) is 2.88. The molecule has 2 aromatic rings. The molecule has 0 aliphatic rings. The van der Waals surface area contributed by atoms with Crippen molar-refractivity contribution in [2.45, 2.75) is 11.3 Å². The monoisotopic (exact) mass is 356 g/mol. The molecular formula is C15H11BrF2OS. The summed E-state index contributed by atoms with van der Waals surface area (Å²) in [6, 6.07) is 9.47. The minimum Gasteiger partial charge on any atom is -0.294 e. The fourth-order valence-electron chi connectivity index (χ4n) is 1.86. The molecule has 0 amide bonds. The predicted octanol–water partition coefficient (Wildman–Crippen LogP) is 4.87. The van der Waals surface area contributed by atoms with Gasteiger partial charge in [-0.1, -0.05) is 18.2 Å². The molecule has 5 heteroatoms. The highest BCUT2D eigenvalue weighted by Crippen LogP contribution is 2.25. The minimum absolute atomic E-state index is 0.153. The lowest BCUT2D eigenvalue weighted by molar-refractivity contribution is 0.0987. The maximum atomic E-state index is 13.9. The van der Waals surface area contributed by atoms with Gasteiger partial charge in [-0.2, -0.15) is 0 Å². The molecule has 0 saturated heterocycles. The summed E-state index contributed by atoms with van der Waals surface area (Å²) in [6.07, 6.45) is 1.56. The highest BCUT2D eigenvalue weighted by atomic mass is 79.9. The lowest BCUT2D eigenvalue weighted by Gasteiger charge is -2.08. The number of thioether (sulfide) groups is 1. The Kier molecular flexibility index (Phi) is 4.94. The average Bonchev–Trinajstić information content (AvgIpc) is 2.47. The molecule has 2 rings (SSSR count). The van der Waals surface area contributed by atoms with Gasteiger partial charge >= 0.3 is 0 Å². The molecule has 0 spiro atoms. The van der Waals surface area contributed by atoms with Gasteiger partial charge in [-0.25, -0.2) is 8.78 Å². The number of halogens is 3. The summed E-state index contributed by atoms with van der Waals surface area (Å²) in [7, 11) is 0. The van der Waals surface area contributed by atoms with Crippen molar-refractivity contribution in [3.8, 4) is 0 Å². The first-order valence-corrected chi connectivity index (χ1v) is 7.85. The van der Waals surface area contributed by atoms with E-state index in [0.717, 1.165) is 11.0 Å². The van der Waals surface area contributed by atoms with E-state index in [2.05, 4.69) is 15.9 Å². The fraction of sp³-hybridized carbons (Fsp3) is 0.133. The molecule has 0 N–H and O–H groups in total. The van der Waals surface area contributed by atoms with Gasteiger partial charge in [0.15, 0.2) is 5.78 Å². The van der Waals surface area contributed by atoms with Crippen molar-refractivity contribution in [2.75, 3.05) is 6.26 Å². The Morgan fingerprint density at radius 2 is 1.90 bits per heavy atom. The number of Topliss-reactive ketones (excluding diaryl/α,β-unsaturated/α-hetero) is 1. The fourth-order valence-corrected chi connectivity index (χ4v) is 2.85. The predicted molar refractivity (Wildman–Crippen MR) is 80.3 cm³/mol. The van der Waals surface area contributed by atoms with Crippen LogP contribution in [-0.4, -0.2) is 12.0 Å². The summed E-state index contributed by atoms with van der Waals surface area (Å²) in [6.45, 7) is 0. The number of rotatable bonds is 4. The first-order chi connectivity index (χ1) is 9.54. The molecule has 0 atom stereocenters. The van der Waals surface area contributed by atoms with E-state index >= 15 is 0 Å². The van der Waals surface area contributed by atoms with Crippen molar-refractivity contribution >= 4 is 33.5 Å². The van der Waals surface area contributed by atoms with Crippen LogP contribution in [0.2, 0.25) is 0 Å². The van der Waals surface area contributed by atoms with Gasteiger partial charge < -0.3 is 0 Å². The molecule has 0 radical (unpaired) electrons. The Balaban J connectivity index is 2.35. The van der Waals surface area contributed by atoms with E-state index in [0.29, 0.717) is 5.56 Å². The number of ketones is 1. The Bertz CT molecular complexity index is 658. The first-order valence-electron chi connectivity index (χ1n) is 5.83. The summed E-state index contributed by atoms with van der Waals surface area (Å²) in [4.78, 5) is 13.0. The number of benzene rings is 2. The Morgan fingerprint density at radius 3 is 2.60 bits per heavy atom. The molecule has 0 aromatic heterocycles. The summed E-state index contributed by atoms with van der Waals surface area (Å²) < 4.78 is 27.7. The minimum atomic E-state index is -0.722. The van der Waals surface area contributed by atoms with Crippen LogP contribution in [0.4, 0.5) is 8.78 Å². The number of hydrogen-bond donors (Lipinski definition) is 0. The highest BCUT2D eigenvalue weighted by molar-refractivity contribution is 9.10. The van der Waals surface area contributed by atoms with Crippen LogP contribution in [0.5, 0.6) is 0 Å². The Hall–Kier alpha value is -1.20. The van der Waals surface area contributed by atoms with Crippen molar-refractivity contribution in [3.63, 3.8) is 0 Å². The maximum Gasteiger partial charge on any atom is 0.168 e. The van der Waals surface area contributed by atoms with Gasteiger partial charge in [-0.15, -0.1) is 11.8 Å². The smallest absolute Gasteiger partial charge is 0.168 e. The zero-order valence-corrected chi connectivity index (χ0v) is 13.0. The topological polar surface area (TPSA) is 17.1 Å². The van der Waals surface area contributed by atoms with Crippen LogP contribution < -0.4 is 0 Å². The van der Waals surface area contributed by atoms with Crippen LogP contribution in [0.1, 0.15) is 15.9 Å². The van der Waals surface area contributed by atoms with E-state index in [1.807, 2.05) is 18.4 Å². The number of carbonyl (C=O) groups is 1. The van der Waals surface area contributed by atoms with Gasteiger partial charge in [0.25, 0.3) is 0 Å². The molecule has 104 valence electrons. The molecule has 0 fully saturated rings. The van der Waals surface area contributed by atoms with Gasteiger partial charge in [0, 0.05) is 22.4 Å². The molecule has 0 bridgehead atoms. The molecule has 0 aliphatic carbocycles. The van der Waals surface area contributed by atoms with E-state index < -0.39 is 11.6 Å². The summed E-state index contributed by atoms with van der Waals surface area (Å²) in [5.74, 6) is -1.73. The van der Waals surface area contributed by atoms with Crippen LogP contribution in [0, 0.1) is 11.6 Å². The second-order valence-electron chi connectivity index (χ2n) is 4.12. The van der Waals surface area contributed by atoms with Crippen molar-refractivity contribution in [2.24, 2.45) is 0 Å². The van der Waals surface area contributed by atoms with Crippen LogP contribution in [0.3, 0.4) is 0 Å². The normalized spacial score (nSPS) is 10.6. The molecule has 0 saturated carbocycles. The average molecular weight is 357 g/mol. The number of hydrogen-bond acceptors (Lipinski definition) is 2. The van der Waals surface area contributed by atoms with Crippen LogP contribution in [0.25, 0.3) is 0 Å². The van der Waals surface area contributed by atoms with Crippen molar-refractivity contribution in [3.05, 3.63) is 63.6 Å².